The summed E-state index contributed by atoms with van der Waals surface area (Å²) < 4.78 is 41.9. The second kappa shape index (κ2) is 32.4. The lowest BCUT2D eigenvalue weighted by atomic mass is 9.78. The average Bonchev–Trinajstić information content (AvgIpc) is 2.01. The van der Waals surface area contributed by atoms with E-state index in [1.54, 1.807) is 20.9 Å². The van der Waals surface area contributed by atoms with E-state index in [9.17, 15) is 51.5 Å². The van der Waals surface area contributed by atoms with Crippen molar-refractivity contribution in [3.05, 3.63) is 0 Å². The third-order valence-corrected chi connectivity index (χ3v) is 21.8. The summed E-state index contributed by atoms with van der Waals surface area (Å²) >= 11 is 6.39. The van der Waals surface area contributed by atoms with Crippen LogP contribution in [-0.2, 0) is 52.7 Å². The fraction of sp³-hybridized carbons (Fsp3) is 0.831. The summed E-state index contributed by atoms with van der Waals surface area (Å²) in [5.74, 6) is -8.86. The Hall–Kier alpha value is -5.75. The Kier molecular flexibility index (Phi) is 26.4. The second-order valence-corrected chi connectivity index (χ2v) is 28.5. The summed E-state index contributed by atoms with van der Waals surface area (Å²) in [5.41, 5.74) is -1.46. The molecule has 0 aromatic heterocycles. The number of halogens is 4. The number of nitrogens with one attached hydrogen (secondary N) is 4. The standard InChI is InChI=1S/C65H105ClF3N11O11/c1-13-39(3)54-62(90)75(8)36-52(82)74(7)37-53(83)78(11)50(35-44-21-18-20-38(2)32-44)61(89)77(10)42(6)56(84)71-48(28-26-43-25-27-46(47(66)34-43)65(67,68)69)60(88)80-31-19-24-49(80)58(86)73-64(29-16-17-30-64)63(91)79(12)55(45-22-14-15-23-45)59(87)70-40(4)33-51(81)76(9)41(5)57(85)72-54/h38-50,54-55H,13-37H2,1-12H3,(H,70,87)(H,71,84)(H,72,85)(H,73,86)/t38?,39-,40+,41-,42+,43?,44?,46?,47?,48-,49-,50-,54-,55-/m0/s1. The van der Waals surface area contributed by atoms with E-state index in [4.69, 9.17) is 11.6 Å². The number of carbonyl (C=O) groups is 11. The van der Waals surface area contributed by atoms with Crippen molar-refractivity contribution < 1.29 is 65.9 Å². The number of hydrogen-bond donors (Lipinski definition) is 4. The zero-order chi connectivity index (χ0) is 67.6. The molecule has 6 aliphatic rings. The molecule has 0 radical (unpaired) electrons. The van der Waals surface area contributed by atoms with E-state index < -0.39 is 155 Å². The molecule has 1 spiro atoms. The van der Waals surface area contributed by atoms with E-state index in [1.165, 1.54) is 73.6 Å². The number of likely N-dealkylation sites (N-methyl/N-ethyl adjacent to an activating group) is 6. The van der Waals surface area contributed by atoms with Gasteiger partial charge in [0.1, 0.15) is 47.8 Å². The molecular formula is C65H105ClF3N11O11. The molecule has 91 heavy (non-hydrogen) atoms. The Morgan fingerprint density at radius 1 is 0.593 bits per heavy atom. The second-order valence-electron chi connectivity index (χ2n) is 28.0. The number of fused-ring (bicyclic) bond motifs is 1. The van der Waals surface area contributed by atoms with Crippen molar-refractivity contribution in [1.29, 1.82) is 0 Å². The van der Waals surface area contributed by atoms with E-state index in [2.05, 4.69) is 28.2 Å². The first-order valence-corrected chi connectivity index (χ1v) is 33.9. The minimum absolute atomic E-state index is 0.0141. The molecule has 11 amide bonds. The molecule has 4 saturated carbocycles. The molecule has 0 aromatic carbocycles. The predicted molar refractivity (Wildman–Crippen MR) is 336 cm³/mol. The van der Waals surface area contributed by atoms with Gasteiger partial charge in [-0.05, 0) is 134 Å². The number of rotatable bonds is 8. The first kappa shape index (κ1) is 74.3. The molecule has 4 aliphatic carbocycles. The van der Waals surface area contributed by atoms with Gasteiger partial charge in [-0.15, -0.1) is 11.6 Å². The molecule has 22 nitrogen and oxygen atoms in total. The topological polar surface area (TPSA) is 259 Å². The maximum atomic E-state index is 15.2. The van der Waals surface area contributed by atoms with Gasteiger partial charge in [0, 0.05) is 66.7 Å². The van der Waals surface area contributed by atoms with Crippen LogP contribution in [0, 0.1) is 35.5 Å². The van der Waals surface area contributed by atoms with Gasteiger partial charge in [0.2, 0.25) is 65.0 Å². The van der Waals surface area contributed by atoms with Crippen molar-refractivity contribution in [3.8, 4) is 0 Å². The maximum absolute atomic E-state index is 15.2. The highest BCUT2D eigenvalue weighted by atomic mass is 35.5. The van der Waals surface area contributed by atoms with E-state index in [0.717, 1.165) is 48.3 Å². The highest BCUT2D eigenvalue weighted by molar-refractivity contribution is 6.20. The monoisotopic (exact) mass is 1310 g/mol. The fourth-order valence-corrected chi connectivity index (χ4v) is 15.4. The van der Waals surface area contributed by atoms with Crippen LogP contribution in [0.3, 0.4) is 0 Å². The Morgan fingerprint density at radius 2 is 1.22 bits per heavy atom. The molecular weight excluding hydrogens is 1200 g/mol. The average molecular weight is 1310 g/mol. The Morgan fingerprint density at radius 3 is 1.84 bits per heavy atom. The van der Waals surface area contributed by atoms with Crippen LogP contribution in [-0.4, -0.2) is 227 Å². The lowest BCUT2D eigenvalue weighted by Gasteiger charge is -2.40. The van der Waals surface area contributed by atoms with Gasteiger partial charge >= 0.3 is 6.18 Å². The molecule has 6 rings (SSSR count). The van der Waals surface area contributed by atoms with Gasteiger partial charge in [-0.25, -0.2) is 0 Å². The van der Waals surface area contributed by atoms with Crippen LogP contribution in [0.2, 0.25) is 0 Å². The third kappa shape index (κ3) is 18.6. The molecule has 2 aliphatic heterocycles. The molecule has 26 heteroatoms. The highest BCUT2D eigenvalue weighted by Gasteiger charge is 2.51. The van der Waals surface area contributed by atoms with Gasteiger partial charge in [0.25, 0.3) is 0 Å². The van der Waals surface area contributed by atoms with E-state index >= 15 is 14.4 Å². The summed E-state index contributed by atoms with van der Waals surface area (Å²) in [7, 11) is 8.66. The highest BCUT2D eigenvalue weighted by Crippen LogP contribution is 2.44. The summed E-state index contributed by atoms with van der Waals surface area (Å²) in [5, 5.41) is 10.5. The number of alkyl halides is 4. The molecule has 0 bridgehead atoms. The maximum Gasteiger partial charge on any atom is 0.393 e. The lowest BCUT2D eigenvalue weighted by Crippen LogP contribution is -2.64. The van der Waals surface area contributed by atoms with Crippen molar-refractivity contribution in [1.82, 2.24) is 55.6 Å². The van der Waals surface area contributed by atoms with Crippen molar-refractivity contribution in [2.75, 3.05) is 61.9 Å². The number of nitrogens with zero attached hydrogens (tertiary/aromatic N) is 7. The van der Waals surface area contributed by atoms with Crippen LogP contribution in [0.25, 0.3) is 0 Å². The Labute approximate surface area is 541 Å². The fourth-order valence-electron chi connectivity index (χ4n) is 14.9. The minimum atomic E-state index is -4.49. The van der Waals surface area contributed by atoms with Crippen LogP contribution < -0.4 is 21.3 Å². The summed E-state index contributed by atoms with van der Waals surface area (Å²) in [6.45, 7) is 9.48. The zero-order valence-electron chi connectivity index (χ0n) is 56.0. The van der Waals surface area contributed by atoms with E-state index in [0.29, 0.717) is 44.4 Å². The normalized spacial score (nSPS) is 32.9. The van der Waals surface area contributed by atoms with Crippen molar-refractivity contribution >= 4 is 76.6 Å². The van der Waals surface area contributed by atoms with E-state index in [-0.39, 0.29) is 88.5 Å². The number of carbonyl (C=O) groups excluding carboxylic acids is 11. The minimum Gasteiger partial charge on any atom is -0.351 e. The smallest absolute Gasteiger partial charge is 0.351 e. The largest absolute Gasteiger partial charge is 0.393 e. The Balaban J connectivity index is 1.35. The molecule has 2 saturated heterocycles. The first-order chi connectivity index (χ1) is 42.7. The van der Waals surface area contributed by atoms with Crippen LogP contribution in [0.4, 0.5) is 13.2 Å². The molecule has 14 atom stereocenters. The molecule has 6 fully saturated rings. The van der Waals surface area contributed by atoms with Gasteiger partial charge in [-0.1, -0.05) is 72.1 Å². The van der Waals surface area contributed by atoms with Gasteiger partial charge < -0.3 is 55.6 Å². The molecule has 514 valence electrons. The van der Waals surface area contributed by atoms with Crippen LogP contribution in [0.5, 0.6) is 0 Å². The molecule has 4 N–H and O–H groups in total. The quantitative estimate of drug-likeness (QED) is 0.225. The van der Waals surface area contributed by atoms with Gasteiger partial charge in [0.15, 0.2) is 0 Å². The van der Waals surface area contributed by atoms with Crippen LogP contribution in [0.1, 0.15) is 183 Å². The molecule has 0 aromatic rings. The Bertz CT molecular complexity index is 2620. The van der Waals surface area contributed by atoms with Crippen molar-refractivity contribution in [2.45, 2.75) is 248 Å². The zero-order valence-corrected chi connectivity index (χ0v) is 56.7. The SMILES string of the molecule is CC[C@H](C)[C@@H]1NC(=O)[C@H](C)N(C)C(=O)C[C@@H](C)NC(=O)[C@H](C2CCCC2)N(C)C(=O)C2(CCCC2)NC(=O)[C@@H]2CCCN2C(=O)[C@H](CCC2CCC(C(F)(F)F)C(Cl)C2)NC(=O)[C@@H](C)N(C)C(=O)[C@H](CC2CCCC(C)C2)N(C)C(=O)CN(C)C(=O)CN(C)C1=O. The molecule has 2 heterocycles. The summed E-state index contributed by atoms with van der Waals surface area (Å²) in [6.07, 6.45) is 4.70. The van der Waals surface area contributed by atoms with Gasteiger partial charge in [-0.2, -0.15) is 13.2 Å². The van der Waals surface area contributed by atoms with E-state index in [1.807, 2.05) is 6.92 Å². The molecule has 5 unspecified atom stereocenters. The number of amides is 11. The third-order valence-electron chi connectivity index (χ3n) is 21.3. The summed E-state index contributed by atoms with van der Waals surface area (Å²) in [4.78, 5) is 169. The number of hydrogen-bond acceptors (Lipinski definition) is 11. The first-order valence-electron chi connectivity index (χ1n) is 33.5. The van der Waals surface area contributed by atoms with Gasteiger partial charge in [-0.3, -0.25) is 52.7 Å². The predicted octanol–water partition coefficient (Wildman–Crippen LogP) is 5.37. The van der Waals surface area contributed by atoms with Crippen molar-refractivity contribution in [3.63, 3.8) is 0 Å². The lowest BCUT2D eigenvalue weighted by molar-refractivity contribution is -0.182. The van der Waals surface area contributed by atoms with Gasteiger partial charge in [0.05, 0.1) is 19.0 Å². The van der Waals surface area contributed by atoms with Crippen LogP contribution >= 0.6 is 11.6 Å². The van der Waals surface area contributed by atoms with Crippen LogP contribution in [0.15, 0.2) is 0 Å². The summed E-state index contributed by atoms with van der Waals surface area (Å²) in [6, 6.07) is -8.78. The van der Waals surface area contributed by atoms with Crippen molar-refractivity contribution in [2.24, 2.45) is 35.5 Å².